The molecule has 1 heteroatoms. The van der Waals surface area contributed by atoms with Gasteiger partial charge in [0, 0.05) is 12.1 Å². The van der Waals surface area contributed by atoms with Gasteiger partial charge in [0.25, 0.3) is 0 Å². The van der Waals surface area contributed by atoms with Crippen LogP contribution >= 0.6 is 0 Å². The molecule has 1 aliphatic rings. The lowest BCUT2D eigenvalue weighted by Gasteiger charge is -2.23. The van der Waals surface area contributed by atoms with Gasteiger partial charge in [0.2, 0.25) is 0 Å². The first-order valence-corrected chi connectivity index (χ1v) is 7.77. The van der Waals surface area contributed by atoms with Gasteiger partial charge in [-0.05, 0) is 30.4 Å². The van der Waals surface area contributed by atoms with Gasteiger partial charge in [-0.3, -0.25) is 0 Å². The van der Waals surface area contributed by atoms with Crippen LogP contribution in [0.3, 0.4) is 0 Å². The lowest BCUT2D eigenvalue weighted by molar-refractivity contribution is 0.437. The zero-order chi connectivity index (χ0) is 13.6. The van der Waals surface area contributed by atoms with Gasteiger partial charge >= 0.3 is 0 Å². The van der Waals surface area contributed by atoms with E-state index in [9.17, 15) is 0 Å². The molecule has 1 N–H and O–H groups in total. The minimum Gasteiger partial charge on any atom is -0.307 e. The van der Waals surface area contributed by atoms with Crippen molar-refractivity contribution in [3.8, 4) is 0 Å². The number of hydrogen-bond donors (Lipinski definition) is 1. The Morgan fingerprint density at radius 2 is 1.45 bits per heavy atom. The highest BCUT2D eigenvalue weighted by molar-refractivity contribution is 5.24. The average molecular weight is 265 g/mol. The predicted octanol–water partition coefficient (Wildman–Crippen LogP) is 4.50. The van der Waals surface area contributed by atoms with Crippen LogP contribution in [0.2, 0.25) is 0 Å². The monoisotopic (exact) mass is 265 g/mol. The number of rotatable bonds is 5. The van der Waals surface area contributed by atoms with Crippen LogP contribution in [0, 0.1) is 0 Å². The molecule has 3 rings (SSSR count). The first kappa shape index (κ1) is 13.4. The van der Waals surface area contributed by atoms with Crippen LogP contribution in [0.5, 0.6) is 0 Å². The lowest BCUT2D eigenvalue weighted by Crippen LogP contribution is -2.31. The minimum absolute atomic E-state index is 0.432. The Bertz CT molecular complexity index is 500. The van der Waals surface area contributed by atoms with E-state index in [1.807, 2.05) is 0 Å². The van der Waals surface area contributed by atoms with Crippen molar-refractivity contribution in [3.63, 3.8) is 0 Å². The highest BCUT2D eigenvalue weighted by Crippen LogP contribution is 2.24. The quantitative estimate of drug-likeness (QED) is 0.839. The topological polar surface area (TPSA) is 12.0 Å². The smallest absolute Gasteiger partial charge is 0.0363 e. The molecule has 0 bridgehead atoms. The van der Waals surface area contributed by atoms with Gasteiger partial charge in [-0.25, -0.2) is 0 Å². The van der Waals surface area contributed by atoms with Crippen molar-refractivity contribution in [1.29, 1.82) is 0 Å². The number of nitrogens with one attached hydrogen (secondary N) is 1. The summed E-state index contributed by atoms with van der Waals surface area (Å²) in [6.07, 6.45) is 6.49. The molecule has 0 saturated heterocycles. The highest BCUT2D eigenvalue weighted by atomic mass is 15.0. The van der Waals surface area contributed by atoms with Crippen molar-refractivity contribution in [2.75, 3.05) is 0 Å². The fourth-order valence-corrected chi connectivity index (χ4v) is 3.19. The maximum absolute atomic E-state index is 3.88. The zero-order valence-electron chi connectivity index (χ0n) is 12.0. The minimum atomic E-state index is 0.432. The molecular formula is C19H23N. The summed E-state index contributed by atoms with van der Waals surface area (Å²) in [6.45, 7) is 0. The normalized spacial score (nSPS) is 17.2. The maximum atomic E-state index is 3.88. The fraction of sp³-hybridized carbons (Fsp3) is 0.368. The Morgan fingerprint density at radius 3 is 2.10 bits per heavy atom. The van der Waals surface area contributed by atoms with Gasteiger partial charge < -0.3 is 5.32 Å². The van der Waals surface area contributed by atoms with Gasteiger partial charge in [-0.2, -0.15) is 0 Å². The van der Waals surface area contributed by atoms with Gasteiger partial charge in [0.1, 0.15) is 0 Å². The summed E-state index contributed by atoms with van der Waals surface area (Å²) in [5, 5.41) is 3.88. The van der Waals surface area contributed by atoms with Gasteiger partial charge in [0.05, 0.1) is 0 Å². The molecule has 1 fully saturated rings. The van der Waals surface area contributed by atoms with E-state index in [0.717, 1.165) is 6.42 Å². The molecular weight excluding hydrogens is 242 g/mol. The van der Waals surface area contributed by atoms with Crippen molar-refractivity contribution >= 4 is 0 Å². The van der Waals surface area contributed by atoms with Gasteiger partial charge in [-0.1, -0.05) is 73.5 Å². The molecule has 1 aliphatic carbocycles. The van der Waals surface area contributed by atoms with Crippen molar-refractivity contribution in [2.45, 2.75) is 44.2 Å². The summed E-state index contributed by atoms with van der Waals surface area (Å²) in [6, 6.07) is 22.8. The number of benzene rings is 2. The van der Waals surface area contributed by atoms with E-state index in [4.69, 9.17) is 0 Å². The molecule has 1 unspecified atom stereocenters. The van der Waals surface area contributed by atoms with E-state index < -0.39 is 0 Å². The Labute approximate surface area is 122 Å². The summed E-state index contributed by atoms with van der Waals surface area (Å²) < 4.78 is 0. The third kappa shape index (κ3) is 3.49. The summed E-state index contributed by atoms with van der Waals surface area (Å²) in [5.41, 5.74) is 2.81. The second-order valence-corrected chi connectivity index (χ2v) is 5.80. The summed E-state index contributed by atoms with van der Waals surface area (Å²) >= 11 is 0. The van der Waals surface area contributed by atoms with Crippen molar-refractivity contribution in [3.05, 3.63) is 71.8 Å². The first-order chi connectivity index (χ1) is 9.92. The molecule has 0 radical (unpaired) electrons. The molecule has 104 valence electrons. The van der Waals surface area contributed by atoms with E-state index in [-0.39, 0.29) is 0 Å². The SMILES string of the molecule is c1ccc(CC(NC2CCCC2)c2ccccc2)cc1. The lowest BCUT2D eigenvalue weighted by atomic mass is 9.98. The predicted molar refractivity (Wildman–Crippen MR) is 84.7 cm³/mol. The second kappa shape index (κ2) is 6.71. The molecule has 1 atom stereocenters. The van der Waals surface area contributed by atoms with Crippen LogP contribution in [0.1, 0.15) is 42.9 Å². The van der Waals surface area contributed by atoms with Crippen LogP contribution in [0.25, 0.3) is 0 Å². The molecule has 0 heterocycles. The fourth-order valence-electron chi connectivity index (χ4n) is 3.19. The van der Waals surface area contributed by atoms with E-state index in [1.54, 1.807) is 0 Å². The molecule has 0 aliphatic heterocycles. The molecule has 0 spiro atoms. The zero-order valence-corrected chi connectivity index (χ0v) is 12.0. The molecule has 20 heavy (non-hydrogen) atoms. The van der Waals surface area contributed by atoms with Crippen LogP contribution < -0.4 is 5.32 Å². The maximum Gasteiger partial charge on any atom is 0.0363 e. The number of hydrogen-bond acceptors (Lipinski definition) is 1. The average Bonchev–Trinajstić information content (AvgIpc) is 3.02. The molecule has 1 nitrogen and oxygen atoms in total. The summed E-state index contributed by atoms with van der Waals surface area (Å²) in [5.74, 6) is 0. The molecule has 2 aromatic carbocycles. The Balaban J connectivity index is 1.76. The largest absolute Gasteiger partial charge is 0.307 e. The second-order valence-electron chi connectivity index (χ2n) is 5.80. The van der Waals surface area contributed by atoms with Crippen molar-refractivity contribution < 1.29 is 0 Å². The molecule has 0 aromatic heterocycles. The summed E-state index contributed by atoms with van der Waals surface area (Å²) in [4.78, 5) is 0. The van der Waals surface area contributed by atoms with Crippen LogP contribution in [-0.4, -0.2) is 6.04 Å². The Kier molecular flexibility index (Phi) is 4.49. The van der Waals surface area contributed by atoms with E-state index in [2.05, 4.69) is 66.0 Å². The first-order valence-electron chi connectivity index (χ1n) is 7.77. The van der Waals surface area contributed by atoms with E-state index in [1.165, 1.54) is 36.8 Å². The molecule has 2 aromatic rings. The van der Waals surface area contributed by atoms with E-state index in [0.29, 0.717) is 12.1 Å². The standard InChI is InChI=1S/C19H23N/c1-3-9-16(10-4-1)15-19(17-11-5-2-6-12-17)20-18-13-7-8-14-18/h1-6,9-12,18-20H,7-8,13-15H2. The van der Waals surface area contributed by atoms with Crippen molar-refractivity contribution in [2.24, 2.45) is 0 Å². The van der Waals surface area contributed by atoms with E-state index >= 15 is 0 Å². The van der Waals surface area contributed by atoms with Crippen LogP contribution in [-0.2, 0) is 6.42 Å². The van der Waals surface area contributed by atoms with Gasteiger partial charge in [-0.15, -0.1) is 0 Å². The summed E-state index contributed by atoms with van der Waals surface area (Å²) in [7, 11) is 0. The van der Waals surface area contributed by atoms with Gasteiger partial charge in [0.15, 0.2) is 0 Å². The van der Waals surface area contributed by atoms with Crippen LogP contribution in [0.15, 0.2) is 60.7 Å². The molecule has 0 amide bonds. The highest BCUT2D eigenvalue weighted by Gasteiger charge is 2.20. The van der Waals surface area contributed by atoms with Crippen molar-refractivity contribution in [1.82, 2.24) is 5.32 Å². The molecule has 1 saturated carbocycles. The third-order valence-corrected chi connectivity index (χ3v) is 4.28. The van der Waals surface area contributed by atoms with Crippen LogP contribution in [0.4, 0.5) is 0 Å². The Morgan fingerprint density at radius 1 is 0.850 bits per heavy atom. The Hall–Kier alpha value is -1.60. The third-order valence-electron chi connectivity index (χ3n) is 4.28.